The van der Waals surface area contributed by atoms with E-state index in [1.807, 2.05) is 48.7 Å². The first-order valence-electron chi connectivity index (χ1n) is 12.2. The van der Waals surface area contributed by atoms with Crippen molar-refractivity contribution < 1.29 is 23.5 Å². The quantitative estimate of drug-likeness (QED) is 0.371. The van der Waals surface area contributed by atoms with Gasteiger partial charge in [-0.1, -0.05) is 6.07 Å². The molecule has 2 heterocycles. The summed E-state index contributed by atoms with van der Waals surface area (Å²) in [6, 6.07) is 20.7. The number of anilines is 1. The number of aromatic nitrogens is 2. The van der Waals surface area contributed by atoms with E-state index in [-0.39, 0.29) is 30.6 Å². The van der Waals surface area contributed by atoms with Gasteiger partial charge in [-0.05, 0) is 60.7 Å². The van der Waals surface area contributed by atoms with Crippen LogP contribution in [0, 0.1) is 5.82 Å². The maximum absolute atomic E-state index is 13.6. The largest absolute Gasteiger partial charge is 0.497 e. The van der Waals surface area contributed by atoms with Crippen LogP contribution in [0.3, 0.4) is 0 Å². The monoisotopic (exact) mass is 514 g/mol. The summed E-state index contributed by atoms with van der Waals surface area (Å²) in [5, 5.41) is 0. The second kappa shape index (κ2) is 10.8. The lowest BCUT2D eigenvalue weighted by molar-refractivity contribution is -0.136. The lowest BCUT2D eigenvalue weighted by atomic mass is 10.1. The number of ether oxygens (including phenoxy) is 2. The molecule has 0 spiro atoms. The van der Waals surface area contributed by atoms with Gasteiger partial charge in [0, 0.05) is 42.3 Å². The van der Waals surface area contributed by atoms with Crippen molar-refractivity contribution in [1.29, 1.82) is 0 Å². The van der Waals surface area contributed by atoms with Crippen LogP contribution >= 0.6 is 0 Å². The topological polar surface area (TPSA) is 76.9 Å². The molecule has 9 heteroatoms. The summed E-state index contributed by atoms with van der Waals surface area (Å²) in [7, 11) is 3.18. The predicted molar refractivity (Wildman–Crippen MR) is 141 cm³/mol. The Balaban J connectivity index is 1.37. The summed E-state index contributed by atoms with van der Waals surface area (Å²) in [4.78, 5) is 34.2. The number of imidazole rings is 1. The van der Waals surface area contributed by atoms with Crippen LogP contribution in [0.4, 0.5) is 10.1 Å². The molecule has 194 valence electrons. The summed E-state index contributed by atoms with van der Waals surface area (Å²) in [6.07, 6.45) is 1.81. The van der Waals surface area contributed by atoms with Gasteiger partial charge in [0.15, 0.2) is 0 Å². The molecule has 1 aliphatic heterocycles. The van der Waals surface area contributed by atoms with Gasteiger partial charge in [0.05, 0.1) is 26.3 Å². The molecule has 1 aromatic heterocycles. The van der Waals surface area contributed by atoms with Crippen molar-refractivity contribution in [3.05, 3.63) is 90.6 Å². The van der Waals surface area contributed by atoms with Gasteiger partial charge in [-0.2, -0.15) is 0 Å². The van der Waals surface area contributed by atoms with Gasteiger partial charge in [-0.3, -0.25) is 9.59 Å². The molecule has 8 nitrogen and oxygen atoms in total. The molecular formula is C29H27FN4O4. The highest BCUT2D eigenvalue weighted by Gasteiger charge is 2.29. The summed E-state index contributed by atoms with van der Waals surface area (Å²) in [5.41, 5.74) is 2.93. The second-order valence-corrected chi connectivity index (χ2v) is 8.86. The van der Waals surface area contributed by atoms with Crippen molar-refractivity contribution in [1.82, 2.24) is 14.5 Å². The average molecular weight is 515 g/mol. The fourth-order valence-corrected chi connectivity index (χ4v) is 4.45. The average Bonchev–Trinajstić information content (AvgIpc) is 3.37. The van der Waals surface area contributed by atoms with Crippen molar-refractivity contribution in [3.8, 4) is 28.4 Å². The number of carbonyl (C=O) groups is 2. The molecule has 3 aromatic carbocycles. The molecule has 0 N–H and O–H groups in total. The normalized spacial score (nSPS) is 13.5. The number of benzene rings is 3. The van der Waals surface area contributed by atoms with E-state index < -0.39 is 0 Å². The van der Waals surface area contributed by atoms with Gasteiger partial charge >= 0.3 is 0 Å². The summed E-state index contributed by atoms with van der Waals surface area (Å²) in [6.45, 7) is 0.740. The van der Waals surface area contributed by atoms with Crippen molar-refractivity contribution in [3.63, 3.8) is 0 Å². The van der Waals surface area contributed by atoms with Crippen molar-refractivity contribution in [2.75, 3.05) is 38.8 Å². The number of rotatable bonds is 7. The van der Waals surface area contributed by atoms with Gasteiger partial charge in [0.1, 0.15) is 29.7 Å². The third-order valence-corrected chi connectivity index (χ3v) is 6.52. The third-order valence-electron chi connectivity index (χ3n) is 6.52. The number of piperazine rings is 1. The van der Waals surface area contributed by atoms with Crippen LogP contribution in [0.15, 0.2) is 79.0 Å². The Morgan fingerprint density at radius 3 is 2.34 bits per heavy atom. The standard InChI is InChI=1S/C29H27FN4O4/c1-37-24-12-6-20(7-13-24)26-18-34(22-10-8-21(30)9-11-22)27(31-26)17-28(35)32-14-15-33(29(36)19-32)23-4-3-5-25(16-23)38-2/h3-13,16,18H,14-15,17,19H2,1-2H3. The fourth-order valence-electron chi connectivity index (χ4n) is 4.45. The minimum absolute atomic E-state index is 0.0139. The Morgan fingerprint density at radius 2 is 1.66 bits per heavy atom. The summed E-state index contributed by atoms with van der Waals surface area (Å²) >= 11 is 0. The van der Waals surface area contributed by atoms with E-state index in [0.29, 0.717) is 36.0 Å². The molecule has 5 rings (SSSR count). The molecule has 1 saturated heterocycles. The zero-order valence-corrected chi connectivity index (χ0v) is 21.1. The van der Waals surface area contributed by atoms with E-state index in [2.05, 4.69) is 0 Å². The van der Waals surface area contributed by atoms with Gasteiger partial charge in [-0.25, -0.2) is 9.37 Å². The zero-order chi connectivity index (χ0) is 26.6. The van der Waals surface area contributed by atoms with Crippen molar-refractivity contribution >= 4 is 17.5 Å². The highest BCUT2D eigenvalue weighted by atomic mass is 19.1. The molecule has 1 aliphatic rings. The summed E-state index contributed by atoms with van der Waals surface area (Å²) in [5.74, 6) is 1.15. The van der Waals surface area contributed by atoms with Crippen LogP contribution in [-0.4, -0.2) is 60.1 Å². The van der Waals surface area contributed by atoms with E-state index in [1.54, 1.807) is 46.8 Å². The van der Waals surface area contributed by atoms with E-state index in [4.69, 9.17) is 14.5 Å². The molecule has 0 radical (unpaired) electrons. The van der Waals surface area contributed by atoms with Crippen LogP contribution in [0.2, 0.25) is 0 Å². The molecule has 1 fully saturated rings. The number of amides is 2. The molecular weight excluding hydrogens is 487 g/mol. The Kier molecular flexibility index (Phi) is 7.08. The Morgan fingerprint density at radius 1 is 0.921 bits per heavy atom. The minimum atomic E-state index is -0.353. The second-order valence-electron chi connectivity index (χ2n) is 8.86. The molecule has 4 aromatic rings. The number of carbonyl (C=O) groups excluding carboxylic acids is 2. The van der Waals surface area contributed by atoms with Crippen LogP contribution in [0.5, 0.6) is 11.5 Å². The number of nitrogens with zero attached hydrogens (tertiary/aromatic N) is 4. The number of hydrogen-bond donors (Lipinski definition) is 0. The first-order valence-corrected chi connectivity index (χ1v) is 12.2. The Hall–Kier alpha value is -4.66. The first kappa shape index (κ1) is 25.0. The van der Waals surface area contributed by atoms with Crippen molar-refractivity contribution in [2.45, 2.75) is 6.42 Å². The number of hydrogen-bond acceptors (Lipinski definition) is 5. The molecule has 38 heavy (non-hydrogen) atoms. The van der Waals surface area contributed by atoms with Gasteiger partial charge in [-0.15, -0.1) is 0 Å². The highest BCUT2D eigenvalue weighted by molar-refractivity contribution is 5.98. The molecule has 0 unspecified atom stereocenters. The maximum Gasteiger partial charge on any atom is 0.246 e. The van der Waals surface area contributed by atoms with Gasteiger partial charge < -0.3 is 23.8 Å². The number of halogens is 1. The fraction of sp³-hybridized carbons (Fsp3) is 0.207. The van der Waals surface area contributed by atoms with Crippen LogP contribution < -0.4 is 14.4 Å². The predicted octanol–water partition coefficient (Wildman–Crippen LogP) is 4.11. The highest BCUT2D eigenvalue weighted by Crippen LogP contribution is 2.26. The molecule has 0 atom stereocenters. The third kappa shape index (κ3) is 5.22. The molecule has 2 amide bonds. The molecule has 0 saturated carbocycles. The minimum Gasteiger partial charge on any atom is -0.497 e. The van der Waals surface area contributed by atoms with E-state index in [1.165, 1.54) is 12.1 Å². The van der Waals surface area contributed by atoms with Crippen LogP contribution in [0.25, 0.3) is 16.9 Å². The van der Waals surface area contributed by atoms with Crippen LogP contribution in [-0.2, 0) is 16.0 Å². The number of methoxy groups -OCH3 is 2. The van der Waals surface area contributed by atoms with E-state index in [0.717, 1.165) is 17.0 Å². The smallest absolute Gasteiger partial charge is 0.246 e. The van der Waals surface area contributed by atoms with Gasteiger partial charge in [0.2, 0.25) is 11.8 Å². The zero-order valence-electron chi connectivity index (χ0n) is 21.1. The SMILES string of the molecule is COc1ccc(-c2cn(-c3ccc(F)cc3)c(CC(=O)N3CCN(c4cccc(OC)c4)C(=O)C3)n2)cc1. The lowest BCUT2D eigenvalue weighted by Gasteiger charge is -2.34. The molecule has 0 aliphatic carbocycles. The Labute approximate surface area is 219 Å². The molecule has 0 bridgehead atoms. The maximum atomic E-state index is 13.6. The summed E-state index contributed by atoms with van der Waals surface area (Å²) < 4.78 is 25.9. The Bertz CT molecular complexity index is 1450. The first-order chi connectivity index (χ1) is 18.4. The van der Waals surface area contributed by atoms with Crippen LogP contribution in [0.1, 0.15) is 5.82 Å². The lowest BCUT2D eigenvalue weighted by Crippen LogP contribution is -2.52. The van der Waals surface area contributed by atoms with Crippen molar-refractivity contribution in [2.24, 2.45) is 0 Å². The van der Waals surface area contributed by atoms with E-state index in [9.17, 15) is 14.0 Å². The van der Waals surface area contributed by atoms with E-state index >= 15 is 0 Å². The van der Waals surface area contributed by atoms with Gasteiger partial charge in [0.25, 0.3) is 0 Å².